The van der Waals surface area contributed by atoms with E-state index in [9.17, 15) is 14.7 Å². The highest BCUT2D eigenvalue weighted by atomic mass is 16.5. The van der Waals surface area contributed by atoms with Crippen molar-refractivity contribution < 1.29 is 19.4 Å². The van der Waals surface area contributed by atoms with Crippen LogP contribution in [0, 0.1) is 0 Å². The van der Waals surface area contributed by atoms with Crippen LogP contribution >= 0.6 is 0 Å². The van der Waals surface area contributed by atoms with Crippen molar-refractivity contribution in [3.63, 3.8) is 0 Å². The van der Waals surface area contributed by atoms with Crippen LogP contribution in [-0.2, 0) is 11.4 Å². The molecule has 0 bridgehead atoms. The SMILES string of the molecule is CCCCC(NC(=O)c1ccccc1COc1ccccc1)C(=O)O. The fraction of sp³-hybridized carbons (Fsp3) is 0.300. The van der Waals surface area contributed by atoms with Gasteiger partial charge in [0.2, 0.25) is 0 Å². The Balaban J connectivity index is 2.07. The summed E-state index contributed by atoms with van der Waals surface area (Å²) in [4.78, 5) is 23.9. The smallest absolute Gasteiger partial charge is 0.326 e. The van der Waals surface area contributed by atoms with E-state index in [2.05, 4.69) is 5.32 Å². The average Bonchev–Trinajstić information content (AvgIpc) is 2.64. The Hall–Kier alpha value is -2.82. The monoisotopic (exact) mass is 341 g/mol. The predicted octanol–water partition coefficient (Wildman–Crippen LogP) is 3.64. The molecule has 0 aliphatic heterocycles. The fourth-order valence-electron chi connectivity index (χ4n) is 2.45. The van der Waals surface area contributed by atoms with Crippen LogP contribution in [0.3, 0.4) is 0 Å². The molecule has 0 fully saturated rings. The molecule has 2 aromatic rings. The zero-order valence-corrected chi connectivity index (χ0v) is 14.3. The van der Waals surface area contributed by atoms with E-state index in [1.165, 1.54) is 0 Å². The molecule has 2 N–H and O–H groups in total. The van der Waals surface area contributed by atoms with E-state index in [0.29, 0.717) is 23.3 Å². The third-order valence-corrected chi connectivity index (χ3v) is 3.85. The van der Waals surface area contributed by atoms with Gasteiger partial charge in [0.25, 0.3) is 5.91 Å². The van der Waals surface area contributed by atoms with Gasteiger partial charge in [-0.1, -0.05) is 56.2 Å². The Morgan fingerprint density at radius 1 is 1.08 bits per heavy atom. The molecule has 5 heteroatoms. The molecule has 0 heterocycles. The summed E-state index contributed by atoms with van der Waals surface area (Å²) in [6.45, 7) is 2.22. The van der Waals surface area contributed by atoms with Gasteiger partial charge in [0, 0.05) is 11.1 Å². The fourth-order valence-corrected chi connectivity index (χ4v) is 2.45. The Kier molecular flexibility index (Phi) is 7.01. The Morgan fingerprint density at radius 3 is 2.44 bits per heavy atom. The molecular formula is C20H23NO4. The first-order chi connectivity index (χ1) is 12.1. The van der Waals surface area contributed by atoms with Crippen molar-refractivity contribution in [1.29, 1.82) is 0 Å². The minimum Gasteiger partial charge on any atom is -0.489 e. The maximum atomic E-state index is 12.5. The molecule has 0 radical (unpaired) electrons. The molecule has 1 unspecified atom stereocenters. The normalized spacial score (nSPS) is 11.6. The third kappa shape index (κ3) is 5.64. The zero-order chi connectivity index (χ0) is 18.1. The lowest BCUT2D eigenvalue weighted by Gasteiger charge is -2.16. The van der Waals surface area contributed by atoms with Crippen molar-refractivity contribution in [3.8, 4) is 5.75 Å². The Labute approximate surface area is 147 Å². The highest BCUT2D eigenvalue weighted by Crippen LogP contribution is 2.15. The van der Waals surface area contributed by atoms with Crippen molar-refractivity contribution in [3.05, 3.63) is 65.7 Å². The summed E-state index contributed by atoms with van der Waals surface area (Å²) >= 11 is 0. The van der Waals surface area contributed by atoms with Gasteiger partial charge in [0.15, 0.2) is 0 Å². The molecule has 1 amide bonds. The number of aliphatic carboxylic acids is 1. The molecule has 5 nitrogen and oxygen atoms in total. The van der Waals surface area contributed by atoms with Gasteiger partial charge in [-0.15, -0.1) is 0 Å². The summed E-state index contributed by atoms with van der Waals surface area (Å²) in [5.74, 6) is -0.695. The second-order valence-electron chi connectivity index (χ2n) is 5.77. The van der Waals surface area contributed by atoms with E-state index in [4.69, 9.17) is 4.74 Å². The lowest BCUT2D eigenvalue weighted by atomic mass is 10.1. The first-order valence-corrected chi connectivity index (χ1v) is 8.41. The number of carboxylic acid groups (broad SMARTS) is 1. The number of hydrogen-bond acceptors (Lipinski definition) is 3. The second-order valence-corrected chi connectivity index (χ2v) is 5.77. The number of hydrogen-bond donors (Lipinski definition) is 2. The number of carbonyl (C=O) groups is 2. The van der Waals surface area contributed by atoms with Crippen LogP contribution in [0.4, 0.5) is 0 Å². The number of carboxylic acids is 1. The van der Waals surface area contributed by atoms with Gasteiger partial charge in [-0.3, -0.25) is 4.79 Å². The number of ether oxygens (including phenoxy) is 1. The molecule has 0 spiro atoms. The quantitative estimate of drug-likeness (QED) is 0.730. The topological polar surface area (TPSA) is 75.6 Å². The summed E-state index contributed by atoms with van der Waals surface area (Å²) < 4.78 is 5.70. The van der Waals surface area contributed by atoms with Gasteiger partial charge >= 0.3 is 5.97 Å². The second kappa shape index (κ2) is 9.47. The van der Waals surface area contributed by atoms with E-state index in [1.54, 1.807) is 18.2 Å². The molecule has 132 valence electrons. The van der Waals surface area contributed by atoms with Crippen LogP contribution in [0.15, 0.2) is 54.6 Å². The van der Waals surface area contributed by atoms with Crippen LogP contribution in [0.1, 0.15) is 42.1 Å². The van der Waals surface area contributed by atoms with Crippen LogP contribution in [0.25, 0.3) is 0 Å². The molecule has 0 aromatic heterocycles. The number of rotatable bonds is 9. The van der Waals surface area contributed by atoms with E-state index >= 15 is 0 Å². The Morgan fingerprint density at radius 2 is 1.76 bits per heavy atom. The Bertz CT molecular complexity index is 700. The largest absolute Gasteiger partial charge is 0.489 e. The molecule has 0 saturated heterocycles. The highest BCUT2D eigenvalue weighted by Gasteiger charge is 2.21. The molecule has 25 heavy (non-hydrogen) atoms. The standard InChI is InChI=1S/C20H23NO4/c1-2-3-13-18(20(23)24)21-19(22)17-12-8-7-9-15(17)14-25-16-10-5-4-6-11-16/h4-12,18H,2-3,13-14H2,1H3,(H,21,22)(H,23,24). The average molecular weight is 341 g/mol. The predicted molar refractivity (Wildman–Crippen MR) is 95.6 cm³/mol. The van der Waals surface area contributed by atoms with Crippen molar-refractivity contribution >= 4 is 11.9 Å². The van der Waals surface area contributed by atoms with Crippen molar-refractivity contribution in [2.45, 2.75) is 38.8 Å². The first kappa shape index (κ1) is 18.5. The maximum Gasteiger partial charge on any atom is 0.326 e. The summed E-state index contributed by atoms with van der Waals surface area (Å²) in [5, 5.41) is 11.9. The number of amides is 1. The van der Waals surface area contributed by atoms with Crippen molar-refractivity contribution in [2.24, 2.45) is 0 Å². The van der Waals surface area contributed by atoms with E-state index in [0.717, 1.165) is 12.8 Å². The lowest BCUT2D eigenvalue weighted by molar-refractivity contribution is -0.139. The third-order valence-electron chi connectivity index (χ3n) is 3.85. The van der Waals surface area contributed by atoms with Gasteiger partial charge in [-0.05, 0) is 24.6 Å². The number of carbonyl (C=O) groups excluding carboxylic acids is 1. The molecule has 0 aliphatic carbocycles. The summed E-state index contributed by atoms with van der Waals surface area (Å²) in [7, 11) is 0. The number of para-hydroxylation sites is 1. The summed E-state index contributed by atoms with van der Waals surface area (Å²) in [5.41, 5.74) is 1.14. The number of benzene rings is 2. The van der Waals surface area contributed by atoms with Gasteiger partial charge in [0.1, 0.15) is 18.4 Å². The summed E-state index contributed by atoms with van der Waals surface area (Å²) in [6, 6.07) is 15.5. The van der Waals surface area contributed by atoms with Gasteiger partial charge < -0.3 is 15.2 Å². The van der Waals surface area contributed by atoms with Crippen molar-refractivity contribution in [1.82, 2.24) is 5.32 Å². The highest BCUT2D eigenvalue weighted by molar-refractivity contribution is 5.97. The van der Waals surface area contributed by atoms with Gasteiger partial charge in [-0.25, -0.2) is 4.79 Å². The zero-order valence-electron chi connectivity index (χ0n) is 14.3. The molecule has 2 aromatic carbocycles. The minimum atomic E-state index is -1.01. The molecule has 0 aliphatic rings. The van der Waals surface area contributed by atoms with Gasteiger partial charge in [-0.2, -0.15) is 0 Å². The molecule has 2 rings (SSSR count). The molecule has 0 saturated carbocycles. The number of nitrogens with one attached hydrogen (secondary N) is 1. The van der Waals surface area contributed by atoms with Crippen LogP contribution in [-0.4, -0.2) is 23.0 Å². The minimum absolute atomic E-state index is 0.236. The lowest BCUT2D eigenvalue weighted by Crippen LogP contribution is -2.41. The van der Waals surface area contributed by atoms with Crippen LogP contribution in [0.2, 0.25) is 0 Å². The van der Waals surface area contributed by atoms with E-state index < -0.39 is 17.9 Å². The summed E-state index contributed by atoms with van der Waals surface area (Å²) in [6.07, 6.45) is 2.04. The molecular weight excluding hydrogens is 318 g/mol. The number of unbranched alkanes of at least 4 members (excludes halogenated alkanes) is 1. The van der Waals surface area contributed by atoms with Crippen molar-refractivity contribution in [2.75, 3.05) is 0 Å². The van der Waals surface area contributed by atoms with Crippen LogP contribution < -0.4 is 10.1 Å². The van der Waals surface area contributed by atoms with E-state index in [-0.39, 0.29) is 6.61 Å². The van der Waals surface area contributed by atoms with E-state index in [1.807, 2.05) is 43.3 Å². The first-order valence-electron chi connectivity index (χ1n) is 8.41. The maximum absolute atomic E-state index is 12.5. The van der Waals surface area contributed by atoms with Crippen LogP contribution in [0.5, 0.6) is 5.75 Å². The molecule has 1 atom stereocenters. The van der Waals surface area contributed by atoms with Gasteiger partial charge in [0.05, 0.1) is 0 Å².